The minimum absolute atomic E-state index is 0.0372. The van der Waals surface area contributed by atoms with Crippen LogP contribution in [0.4, 0.5) is 5.69 Å². The highest BCUT2D eigenvalue weighted by Crippen LogP contribution is 2.20. The Morgan fingerprint density at radius 1 is 0.921 bits per heavy atom. The third-order valence-electron chi connectivity index (χ3n) is 5.94. The van der Waals surface area contributed by atoms with Crippen molar-refractivity contribution in [1.29, 1.82) is 0 Å². The summed E-state index contributed by atoms with van der Waals surface area (Å²) in [4.78, 5) is 27.7. The Morgan fingerprint density at radius 3 is 2.08 bits per heavy atom. The zero-order valence-corrected chi connectivity index (χ0v) is 22.2. The summed E-state index contributed by atoms with van der Waals surface area (Å²) in [7, 11) is -0.872. The van der Waals surface area contributed by atoms with E-state index in [0.29, 0.717) is 22.6 Å². The maximum atomic E-state index is 13.4. The van der Waals surface area contributed by atoms with Crippen LogP contribution in [-0.2, 0) is 39.1 Å². The quantitative estimate of drug-likeness (QED) is 0.270. The molecular weight excluding hydrogens is 506 g/mol. The molecule has 6 N–H and O–H groups in total. The number of nitrogens with zero attached hydrogens (tertiary/aromatic N) is 1. The summed E-state index contributed by atoms with van der Waals surface area (Å²) in [6.07, 6.45) is 0.219. The second-order valence-electron chi connectivity index (χ2n) is 8.62. The van der Waals surface area contributed by atoms with Crippen LogP contribution in [0.1, 0.15) is 16.7 Å². The van der Waals surface area contributed by atoms with Gasteiger partial charge in [-0.05, 0) is 53.1 Å². The fraction of sp³-hybridized carbons (Fsp3) is 0.259. The van der Waals surface area contributed by atoms with Gasteiger partial charge in [0.2, 0.25) is 21.8 Å². The topological polar surface area (TPSA) is 157 Å². The van der Waals surface area contributed by atoms with Gasteiger partial charge in [0, 0.05) is 32.2 Å². The molecule has 0 aliphatic rings. The molecule has 3 aromatic carbocycles. The number of benzene rings is 3. The molecule has 0 radical (unpaired) electrons. The first-order valence-electron chi connectivity index (χ1n) is 11.9. The van der Waals surface area contributed by atoms with Crippen LogP contribution in [-0.4, -0.2) is 47.0 Å². The Morgan fingerprint density at radius 2 is 1.53 bits per heavy atom. The average molecular weight is 540 g/mol. The summed E-state index contributed by atoms with van der Waals surface area (Å²) in [5.74, 6) is -0.370. The van der Waals surface area contributed by atoms with E-state index < -0.39 is 28.5 Å². The van der Waals surface area contributed by atoms with Crippen molar-refractivity contribution >= 4 is 27.5 Å². The highest BCUT2D eigenvalue weighted by molar-refractivity contribution is 7.89. The summed E-state index contributed by atoms with van der Waals surface area (Å²) in [6, 6.07) is 19.8. The van der Waals surface area contributed by atoms with Crippen molar-refractivity contribution in [2.75, 3.05) is 25.6 Å². The van der Waals surface area contributed by atoms with Crippen LogP contribution in [0.15, 0.2) is 77.7 Å². The molecule has 0 heterocycles. The number of nitrogens with one attached hydrogen (secondary N) is 2. The first kappa shape index (κ1) is 28.8. The molecule has 3 rings (SSSR count). The number of carbonyl (C=O) groups excluding carboxylic acids is 2. The first-order chi connectivity index (χ1) is 18.2. The van der Waals surface area contributed by atoms with Crippen molar-refractivity contribution in [2.24, 2.45) is 11.5 Å². The highest BCUT2D eigenvalue weighted by Gasteiger charge is 2.26. The van der Waals surface area contributed by atoms with E-state index in [1.165, 1.54) is 17.0 Å². The normalized spacial score (nSPS) is 12.0. The van der Waals surface area contributed by atoms with Gasteiger partial charge < -0.3 is 26.4 Å². The number of likely N-dealkylation sites (N-methyl/N-ethyl adjacent to an activating group) is 1. The zero-order valence-electron chi connectivity index (χ0n) is 21.4. The molecule has 1 unspecified atom stereocenters. The minimum atomic E-state index is -4.03. The number of methoxy groups -OCH3 is 1. The molecular formula is C27H33N5O5S. The Kier molecular flexibility index (Phi) is 9.97. The Balaban J connectivity index is 1.75. The lowest BCUT2D eigenvalue weighted by molar-refractivity contribution is -0.126. The Bertz CT molecular complexity index is 1330. The van der Waals surface area contributed by atoms with Gasteiger partial charge in [-0.15, -0.1) is 0 Å². The fourth-order valence-corrected chi connectivity index (χ4v) is 4.93. The van der Waals surface area contributed by atoms with Crippen LogP contribution in [0, 0.1) is 0 Å². The maximum Gasteiger partial charge on any atom is 0.249 e. The molecule has 38 heavy (non-hydrogen) atoms. The molecule has 11 heteroatoms. The van der Waals surface area contributed by atoms with Gasteiger partial charge in [-0.3, -0.25) is 9.59 Å². The number of sulfonamides is 1. The summed E-state index contributed by atoms with van der Waals surface area (Å²) in [5.41, 5.74) is 14.0. The predicted molar refractivity (Wildman–Crippen MR) is 146 cm³/mol. The smallest absolute Gasteiger partial charge is 0.249 e. The van der Waals surface area contributed by atoms with Gasteiger partial charge in [0.05, 0.1) is 18.6 Å². The van der Waals surface area contributed by atoms with Crippen LogP contribution < -0.4 is 31.1 Å². The van der Waals surface area contributed by atoms with Gasteiger partial charge in [-0.1, -0.05) is 36.4 Å². The van der Waals surface area contributed by atoms with Crippen molar-refractivity contribution in [3.8, 4) is 5.75 Å². The molecule has 0 bridgehead atoms. The summed E-state index contributed by atoms with van der Waals surface area (Å²) in [5, 5.41) is 2.69. The number of ether oxygens (including phenoxy) is 1. The Hall–Kier alpha value is -3.77. The number of amides is 2. The molecule has 0 spiro atoms. The average Bonchev–Trinajstić information content (AvgIpc) is 2.95. The molecule has 202 valence electrons. The molecule has 0 aliphatic carbocycles. The number of anilines is 1. The molecule has 0 fully saturated rings. The molecule has 1 atom stereocenters. The predicted octanol–water partition coefficient (Wildman–Crippen LogP) is 1.28. The zero-order chi connectivity index (χ0) is 27.7. The lowest BCUT2D eigenvalue weighted by atomic mass is 10.0. The van der Waals surface area contributed by atoms with E-state index in [1.54, 1.807) is 44.5 Å². The molecule has 0 aromatic heterocycles. The van der Waals surface area contributed by atoms with E-state index in [0.717, 1.165) is 5.56 Å². The minimum Gasteiger partial charge on any atom is -0.497 e. The number of hydrogen-bond acceptors (Lipinski definition) is 7. The van der Waals surface area contributed by atoms with Gasteiger partial charge >= 0.3 is 0 Å². The monoisotopic (exact) mass is 539 g/mol. The second kappa shape index (κ2) is 13.2. The molecule has 0 aliphatic heterocycles. The standard InChI is InChI=1S/C27H33N5O5S/c1-32(22-8-10-23(37-2)11-9-22)27(34)25(15-19-6-4-3-5-7-19)31-26(33)18-30-38(35,36)24-13-20(16-28)12-21(14-24)17-29/h3-14,25,30H,15-18,28-29H2,1-2H3,(H,31,33). The summed E-state index contributed by atoms with van der Waals surface area (Å²) >= 11 is 0. The van der Waals surface area contributed by atoms with Crippen LogP contribution in [0.2, 0.25) is 0 Å². The summed E-state index contributed by atoms with van der Waals surface area (Å²) < 4.78 is 33.2. The number of carbonyl (C=O) groups is 2. The van der Waals surface area contributed by atoms with E-state index in [1.807, 2.05) is 30.3 Å². The van der Waals surface area contributed by atoms with Gasteiger partial charge in [0.1, 0.15) is 11.8 Å². The van der Waals surface area contributed by atoms with Crippen molar-refractivity contribution in [1.82, 2.24) is 10.0 Å². The SMILES string of the molecule is COc1ccc(N(C)C(=O)C(Cc2ccccc2)NC(=O)CNS(=O)(=O)c2cc(CN)cc(CN)c2)cc1. The lowest BCUT2D eigenvalue weighted by Gasteiger charge is -2.25. The molecule has 0 saturated heterocycles. The van der Waals surface area contributed by atoms with Crippen LogP contribution in [0.5, 0.6) is 5.75 Å². The van der Waals surface area contributed by atoms with Crippen molar-refractivity contribution in [3.05, 3.63) is 89.5 Å². The summed E-state index contributed by atoms with van der Waals surface area (Å²) in [6.45, 7) is -0.276. The fourth-order valence-electron chi connectivity index (χ4n) is 3.83. The van der Waals surface area contributed by atoms with E-state index in [-0.39, 0.29) is 30.3 Å². The third kappa shape index (κ3) is 7.62. The van der Waals surface area contributed by atoms with Gasteiger partial charge in [0.25, 0.3) is 0 Å². The van der Waals surface area contributed by atoms with E-state index >= 15 is 0 Å². The van der Waals surface area contributed by atoms with E-state index in [4.69, 9.17) is 16.2 Å². The van der Waals surface area contributed by atoms with Crippen molar-refractivity contribution < 1.29 is 22.7 Å². The lowest BCUT2D eigenvalue weighted by Crippen LogP contribution is -2.51. The first-order valence-corrected chi connectivity index (χ1v) is 13.4. The van der Waals surface area contributed by atoms with E-state index in [9.17, 15) is 18.0 Å². The van der Waals surface area contributed by atoms with Crippen molar-refractivity contribution in [3.63, 3.8) is 0 Å². The van der Waals surface area contributed by atoms with Crippen molar-refractivity contribution in [2.45, 2.75) is 30.4 Å². The van der Waals surface area contributed by atoms with Gasteiger partial charge in [0.15, 0.2) is 0 Å². The molecule has 2 amide bonds. The van der Waals surface area contributed by atoms with Gasteiger partial charge in [-0.2, -0.15) is 0 Å². The number of rotatable bonds is 12. The molecule has 10 nitrogen and oxygen atoms in total. The second-order valence-corrected chi connectivity index (χ2v) is 10.4. The highest BCUT2D eigenvalue weighted by atomic mass is 32.2. The Labute approximate surface area is 223 Å². The largest absolute Gasteiger partial charge is 0.497 e. The van der Waals surface area contributed by atoms with Crippen LogP contribution in [0.25, 0.3) is 0 Å². The molecule has 0 saturated carbocycles. The number of nitrogens with two attached hydrogens (primary N) is 2. The van der Waals surface area contributed by atoms with Crippen LogP contribution >= 0.6 is 0 Å². The third-order valence-corrected chi connectivity index (χ3v) is 7.32. The van der Waals surface area contributed by atoms with Crippen LogP contribution in [0.3, 0.4) is 0 Å². The maximum absolute atomic E-state index is 13.4. The number of hydrogen-bond donors (Lipinski definition) is 4. The molecule has 3 aromatic rings. The van der Waals surface area contributed by atoms with Gasteiger partial charge in [-0.25, -0.2) is 13.1 Å². The van der Waals surface area contributed by atoms with E-state index in [2.05, 4.69) is 10.0 Å².